The zero-order valence-electron chi connectivity index (χ0n) is 11.8. The Morgan fingerprint density at radius 3 is 2.42 bits per heavy atom. The van der Waals surface area contributed by atoms with Crippen molar-refractivity contribution >= 4 is 11.5 Å². The first-order valence-electron chi connectivity index (χ1n) is 7.16. The second-order valence-electron chi connectivity index (χ2n) is 5.55. The van der Waals surface area contributed by atoms with Gasteiger partial charge in [0, 0.05) is 25.1 Å². The predicted octanol–water partition coefficient (Wildman–Crippen LogP) is 3.65. The van der Waals surface area contributed by atoms with Gasteiger partial charge < -0.3 is 10.1 Å². The van der Waals surface area contributed by atoms with Gasteiger partial charge in [0.2, 0.25) is 0 Å². The molecular weight excluding hydrogens is 238 g/mol. The summed E-state index contributed by atoms with van der Waals surface area (Å²) in [7, 11) is 0. The Labute approximate surface area is 115 Å². The normalized spacial score (nSPS) is 16.7. The molecule has 1 aromatic carbocycles. The zero-order valence-corrected chi connectivity index (χ0v) is 11.8. The van der Waals surface area contributed by atoms with E-state index < -0.39 is 0 Å². The summed E-state index contributed by atoms with van der Waals surface area (Å²) in [6.45, 7) is 5.00. The van der Waals surface area contributed by atoms with E-state index in [2.05, 4.69) is 5.32 Å². The van der Waals surface area contributed by atoms with E-state index in [-0.39, 0.29) is 6.10 Å². The van der Waals surface area contributed by atoms with Gasteiger partial charge in [0.1, 0.15) is 11.5 Å². The summed E-state index contributed by atoms with van der Waals surface area (Å²) in [6.07, 6.45) is 3.78. The number of hydrogen-bond acceptors (Lipinski definition) is 3. The van der Waals surface area contributed by atoms with Crippen LogP contribution in [-0.4, -0.2) is 18.4 Å². The minimum Gasteiger partial charge on any atom is -0.491 e. The van der Waals surface area contributed by atoms with Gasteiger partial charge in [-0.15, -0.1) is 0 Å². The number of ketones is 1. The maximum Gasteiger partial charge on any atom is 0.132 e. The van der Waals surface area contributed by atoms with Crippen LogP contribution in [0.5, 0.6) is 5.75 Å². The Bertz CT molecular complexity index is 401. The van der Waals surface area contributed by atoms with Crippen molar-refractivity contribution in [2.24, 2.45) is 5.92 Å². The third-order valence-electron chi connectivity index (χ3n) is 3.48. The molecule has 0 radical (unpaired) electrons. The van der Waals surface area contributed by atoms with Crippen molar-refractivity contribution in [2.75, 3.05) is 11.9 Å². The molecule has 0 aromatic heterocycles. The van der Waals surface area contributed by atoms with Crippen LogP contribution in [-0.2, 0) is 4.79 Å². The van der Waals surface area contributed by atoms with Crippen LogP contribution in [0, 0.1) is 5.92 Å². The molecule has 3 nitrogen and oxygen atoms in total. The number of rotatable bonds is 5. The van der Waals surface area contributed by atoms with E-state index in [1.807, 2.05) is 38.1 Å². The number of carbonyl (C=O) groups excluding carboxylic acids is 1. The summed E-state index contributed by atoms with van der Waals surface area (Å²) in [6, 6.07) is 8.08. The average Bonchev–Trinajstić information content (AvgIpc) is 2.39. The third kappa shape index (κ3) is 4.58. The lowest BCUT2D eigenvalue weighted by Crippen LogP contribution is -2.21. The lowest BCUT2D eigenvalue weighted by Gasteiger charge is -2.21. The van der Waals surface area contributed by atoms with Crippen molar-refractivity contribution < 1.29 is 9.53 Å². The van der Waals surface area contributed by atoms with Crippen LogP contribution < -0.4 is 10.1 Å². The van der Waals surface area contributed by atoms with Gasteiger partial charge in [-0.2, -0.15) is 0 Å². The molecule has 0 atom stereocenters. The average molecular weight is 261 g/mol. The lowest BCUT2D eigenvalue weighted by molar-refractivity contribution is -0.120. The van der Waals surface area contributed by atoms with Crippen molar-refractivity contribution in [3.05, 3.63) is 24.3 Å². The summed E-state index contributed by atoms with van der Waals surface area (Å²) < 4.78 is 5.61. The molecule has 1 fully saturated rings. The first kappa shape index (κ1) is 13.9. The molecule has 0 amide bonds. The topological polar surface area (TPSA) is 38.3 Å². The standard InChI is InChI=1S/C16H23NO2/c1-12(2)19-16-9-5-14(6-10-16)17-11-13-3-7-15(18)8-4-13/h5-6,9-10,12-13,17H,3-4,7-8,11H2,1-2H3. The summed E-state index contributed by atoms with van der Waals surface area (Å²) in [5, 5.41) is 3.44. The first-order valence-corrected chi connectivity index (χ1v) is 7.16. The second-order valence-corrected chi connectivity index (χ2v) is 5.55. The van der Waals surface area contributed by atoms with Crippen LogP contribution in [0.1, 0.15) is 39.5 Å². The molecule has 0 spiro atoms. The number of hydrogen-bond donors (Lipinski definition) is 1. The maximum atomic E-state index is 11.2. The monoisotopic (exact) mass is 261 g/mol. The molecule has 104 valence electrons. The Kier molecular flexibility index (Phi) is 4.83. The van der Waals surface area contributed by atoms with Gasteiger partial charge in [-0.25, -0.2) is 0 Å². The van der Waals surface area contributed by atoms with Gasteiger partial charge in [-0.05, 0) is 56.9 Å². The molecule has 1 aromatic rings. The molecule has 0 aliphatic heterocycles. The third-order valence-corrected chi connectivity index (χ3v) is 3.48. The van der Waals surface area contributed by atoms with Gasteiger partial charge in [0.15, 0.2) is 0 Å². The molecule has 19 heavy (non-hydrogen) atoms. The number of Topliss-reactive ketones (excluding diaryl/α,β-unsaturated/α-hetero) is 1. The van der Waals surface area contributed by atoms with E-state index >= 15 is 0 Å². The van der Waals surface area contributed by atoms with Crippen LogP contribution >= 0.6 is 0 Å². The molecule has 1 saturated carbocycles. The van der Waals surface area contributed by atoms with Gasteiger partial charge in [0.25, 0.3) is 0 Å². The van der Waals surface area contributed by atoms with Crippen LogP contribution in [0.2, 0.25) is 0 Å². The van der Waals surface area contributed by atoms with Gasteiger partial charge in [-0.3, -0.25) is 4.79 Å². The number of nitrogens with one attached hydrogen (secondary N) is 1. The highest BCUT2D eigenvalue weighted by atomic mass is 16.5. The minimum atomic E-state index is 0.207. The molecule has 0 unspecified atom stereocenters. The Balaban J connectivity index is 1.78. The van der Waals surface area contributed by atoms with Gasteiger partial charge >= 0.3 is 0 Å². The van der Waals surface area contributed by atoms with Crippen molar-refractivity contribution in [1.82, 2.24) is 0 Å². The molecule has 1 aliphatic carbocycles. The number of anilines is 1. The van der Waals surface area contributed by atoms with Crippen molar-refractivity contribution in [1.29, 1.82) is 0 Å². The van der Waals surface area contributed by atoms with Gasteiger partial charge in [0.05, 0.1) is 6.10 Å². The van der Waals surface area contributed by atoms with E-state index in [4.69, 9.17) is 4.74 Å². The SMILES string of the molecule is CC(C)Oc1ccc(NCC2CCC(=O)CC2)cc1. The fourth-order valence-corrected chi connectivity index (χ4v) is 2.39. The second kappa shape index (κ2) is 6.60. The van der Waals surface area contributed by atoms with Crippen LogP contribution in [0.3, 0.4) is 0 Å². The van der Waals surface area contributed by atoms with E-state index in [1.165, 1.54) is 0 Å². The van der Waals surface area contributed by atoms with Crippen molar-refractivity contribution in [3.8, 4) is 5.75 Å². The number of ether oxygens (including phenoxy) is 1. The summed E-state index contributed by atoms with van der Waals surface area (Å²) in [5.41, 5.74) is 1.12. The highest BCUT2D eigenvalue weighted by Crippen LogP contribution is 2.23. The minimum absolute atomic E-state index is 0.207. The molecule has 3 heteroatoms. The molecule has 2 rings (SSSR count). The van der Waals surface area contributed by atoms with Crippen LogP contribution in [0.4, 0.5) is 5.69 Å². The van der Waals surface area contributed by atoms with E-state index in [0.29, 0.717) is 11.7 Å². The van der Waals surface area contributed by atoms with E-state index in [9.17, 15) is 4.79 Å². The molecule has 0 heterocycles. The highest BCUT2D eigenvalue weighted by Gasteiger charge is 2.18. The summed E-state index contributed by atoms with van der Waals surface area (Å²) in [5.74, 6) is 1.96. The highest BCUT2D eigenvalue weighted by molar-refractivity contribution is 5.79. The fraction of sp³-hybridized carbons (Fsp3) is 0.562. The maximum absolute atomic E-state index is 11.2. The molecule has 0 saturated heterocycles. The van der Waals surface area contributed by atoms with Crippen LogP contribution in [0.15, 0.2) is 24.3 Å². The quantitative estimate of drug-likeness (QED) is 0.879. The smallest absolute Gasteiger partial charge is 0.132 e. The Morgan fingerprint density at radius 2 is 1.84 bits per heavy atom. The summed E-state index contributed by atoms with van der Waals surface area (Å²) >= 11 is 0. The number of carbonyl (C=O) groups is 1. The predicted molar refractivity (Wildman–Crippen MR) is 77.7 cm³/mol. The van der Waals surface area contributed by atoms with Crippen LogP contribution in [0.25, 0.3) is 0 Å². The van der Waals surface area contributed by atoms with Crippen molar-refractivity contribution in [3.63, 3.8) is 0 Å². The molecular formula is C16H23NO2. The Morgan fingerprint density at radius 1 is 1.21 bits per heavy atom. The van der Waals surface area contributed by atoms with E-state index in [1.54, 1.807) is 0 Å². The largest absolute Gasteiger partial charge is 0.491 e. The molecule has 1 aliphatic rings. The zero-order chi connectivity index (χ0) is 13.7. The lowest BCUT2D eigenvalue weighted by atomic mass is 9.88. The first-order chi connectivity index (χ1) is 9.13. The molecule has 0 bridgehead atoms. The molecule has 1 N–H and O–H groups in total. The Hall–Kier alpha value is -1.51. The fourth-order valence-electron chi connectivity index (χ4n) is 2.39. The van der Waals surface area contributed by atoms with Gasteiger partial charge in [-0.1, -0.05) is 0 Å². The summed E-state index contributed by atoms with van der Waals surface area (Å²) in [4.78, 5) is 11.2. The van der Waals surface area contributed by atoms with Crippen molar-refractivity contribution in [2.45, 2.75) is 45.6 Å². The van der Waals surface area contributed by atoms with E-state index in [0.717, 1.165) is 43.7 Å². The number of benzene rings is 1.